The van der Waals surface area contributed by atoms with E-state index in [1.165, 1.54) is 31.4 Å². The Morgan fingerprint density at radius 3 is 2.47 bits per heavy atom. The average Bonchev–Trinajstić information content (AvgIpc) is 2.32. The molecule has 6 heteroatoms. The summed E-state index contributed by atoms with van der Waals surface area (Å²) in [6.45, 7) is 2.66. The number of nitrogens with two attached hydrogens (primary N) is 1. The molecule has 0 spiro atoms. The predicted octanol–water partition coefficient (Wildman–Crippen LogP) is 2.86. The molecule has 0 saturated heterocycles. The molecule has 0 amide bonds. The summed E-state index contributed by atoms with van der Waals surface area (Å²) in [4.78, 5) is -0.242. The molecule has 0 atom stereocenters. The van der Waals surface area contributed by atoms with Crippen molar-refractivity contribution in [3.8, 4) is 5.75 Å². The van der Waals surface area contributed by atoms with Gasteiger partial charge in [-0.15, -0.1) is 0 Å². The zero-order valence-corrected chi connectivity index (χ0v) is 11.9. The summed E-state index contributed by atoms with van der Waals surface area (Å²) in [5, 5.41) is 0. The van der Waals surface area contributed by atoms with Crippen LogP contribution in [0.25, 0.3) is 0 Å². The van der Waals surface area contributed by atoms with Gasteiger partial charge in [-0.2, -0.15) is 8.42 Å². The molecule has 1 aromatic rings. The van der Waals surface area contributed by atoms with E-state index in [2.05, 4.69) is 6.92 Å². The van der Waals surface area contributed by atoms with Crippen molar-refractivity contribution in [2.45, 2.75) is 43.9 Å². The fourth-order valence-corrected chi connectivity index (χ4v) is 2.27. The lowest BCUT2D eigenvalue weighted by molar-refractivity contribution is 0.304. The van der Waals surface area contributed by atoms with Crippen LogP contribution in [0.1, 0.15) is 39.0 Å². The maximum atomic E-state index is 11.0. The molecule has 1 aromatic carbocycles. The molecule has 0 radical (unpaired) electrons. The van der Waals surface area contributed by atoms with Crippen LogP contribution < -0.4 is 10.5 Å². The minimum absolute atomic E-state index is 0.242. The fraction of sp³-hybridized carbons (Fsp3) is 0.538. The van der Waals surface area contributed by atoms with Crippen molar-refractivity contribution >= 4 is 15.8 Å². The van der Waals surface area contributed by atoms with Gasteiger partial charge in [-0.1, -0.05) is 32.6 Å². The number of hydrogen-bond acceptors (Lipinski definition) is 4. The summed E-state index contributed by atoms with van der Waals surface area (Å²) in [5.74, 6) is 0.364. The first-order valence-corrected chi connectivity index (χ1v) is 7.88. The van der Waals surface area contributed by atoms with E-state index in [9.17, 15) is 8.42 Å². The van der Waals surface area contributed by atoms with Gasteiger partial charge in [0.25, 0.3) is 10.1 Å². The van der Waals surface area contributed by atoms with Crippen molar-refractivity contribution in [3.05, 3.63) is 18.2 Å². The first-order valence-electron chi connectivity index (χ1n) is 6.44. The quantitative estimate of drug-likeness (QED) is 0.436. The second kappa shape index (κ2) is 7.35. The van der Waals surface area contributed by atoms with Gasteiger partial charge >= 0.3 is 0 Å². The monoisotopic (exact) mass is 287 g/mol. The van der Waals surface area contributed by atoms with Gasteiger partial charge in [-0.25, -0.2) is 0 Å². The van der Waals surface area contributed by atoms with Crippen LogP contribution in [-0.4, -0.2) is 19.6 Å². The molecule has 0 aromatic heterocycles. The highest BCUT2D eigenvalue weighted by Gasteiger charge is 2.11. The van der Waals surface area contributed by atoms with E-state index >= 15 is 0 Å². The summed E-state index contributed by atoms with van der Waals surface area (Å²) < 4.78 is 36.5. The number of nitrogen functional groups attached to an aromatic ring is 1. The van der Waals surface area contributed by atoms with Crippen LogP contribution in [0.3, 0.4) is 0 Å². The summed E-state index contributed by atoms with van der Waals surface area (Å²) >= 11 is 0. The Hall–Kier alpha value is -1.27. The van der Waals surface area contributed by atoms with E-state index in [-0.39, 0.29) is 10.6 Å². The van der Waals surface area contributed by atoms with Gasteiger partial charge in [0, 0.05) is 17.8 Å². The maximum Gasteiger partial charge on any atom is 0.294 e. The van der Waals surface area contributed by atoms with Crippen molar-refractivity contribution in [2.24, 2.45) is 0 Å². The van der Waals surface area contributed by atoms with Crippen molar-refractivity contribution < 1.29 is 17.7 Å². The van der Waals surface area contributed by atoms with Gasteiger partial charge < -0.3 is 10.5 Å². The summed E-state index contributed by atoms with van der Waals surface area (Å²) in [6.07, 6.45) is 5.57. The second-order valence-electron chi connectivity index (χ2n) is 4.48. The van der Waals surface area contributed by atoms with Crippen LogP contribution in [0.5, 0.6) is 5.75 Å². The Balaban J connectivity index is 2.52. The topological polar surface area (TPSA) is 89.6 Å². The number of benzene rings is 1. The SMILES string of the molecule is CCCCCCCOc1cc(N)cc(S(=O)(=O)O)c1. The van der Waals surface area contributed by atoms with E-state index in [1.54, 1.807) is 6.07 Å². The molecular formula is C13H21NO4S. The maximum absolute atomic E-state index is 11.0. The first kappa shape index (κ1) is 15.8. The Morgan fingerprint density at radius 1 is 1.16 bits per heavy atom. The normalized spacial score (nSPS) is 11.5. The largest absolute Gasteiger partial charge is 0.493 e. The van der Waals surface area contributed by atoms with Crippen LogP contribution in [0.2, 0.25) is 0 Å². The smallest absolute Gasteiger partial charge is 0.294 e. The van der Waals surface area contributed by atoms with Gasteiger partial charge in [0.2, 0.25) is 0 Å². The zero-order chi connectivity index (χ0) is 14.3. The van der Waals surface area contributed by atoms with Crippen LogP contribution >= 0.6 is 0 Å². The average molecular weight is 287 g/mol. The van der Waals surface area contributed by atoms with E-state index < -0.39 is 10.1 Å². The number of rotatable bonds is 8. The molecule has 5 nitrogen and oxygen atoms in total. The molecule has 0 heterocycles. The summed E-state index contributed by atoms with van der Waals surface area (Å²) in [7, 11) is -4.25. The highest BCUT2D eigenvalue weighted by atomic mass is 32.2. The molecular weight excluding hydrogens is 266 g/mol. The molecule has 1 rings (SSSR count). The lowest BCUT2D eigenvalue weighted by Crippen LogP contribution is -2.02. The number of ether oxygens (including phenoxy) is 1. The third-order valence-electron chi connectivity index (χ3n) is 2.72. The number of anilines is 1. The Bertz CT molecular complexity index is 499. The Labute approximate surface area is 114 Å². The van der Waals surface area contributed by atoms with Crippen molar-refractivity contribution in [3.63, 3.8) is 0 Å². The van der Waals surface area contributed by atoms with Crippen LogP contribution in [0.15, 0.2) is 23.1 Å². The molecule has 0 aliphatic heterocycles. The standard InChI is InChI=1S/C13H21NO4S/c1-2-3-4-5-6-7-18-12-8-11(14)9-13(10-12)19(15,16)17/h8-10H,2-7,14H2,1H3,(H,15,16,17). The Kier molecular flexibility index (Phi) is 6.11. The number of unbranched alkanes of at least 4 members (excludes halogenated alkanes) is 4. The molecule has 0 bridgehead atoms. The van der Waals surface area contributed by atoms with Gasteiger partial charge in [0.05, 0.1) is 11.5 Å². The van der Waals surface area contributed by atoms with Gasteiger partial charge in [0.1, 0.15) is 5.75 Å². The van der Waals surface area contributed by atoms with E-state index in [1.807, 2.05) is 0 Å². The van der Waals surface area contributed by atoms with Crippen LogP contribution in [0, 0.1) is 0 Å². The van der Waals surface area contributed by atoms with Crippen LogP contribution in [0.4, 0.5) is 5.69 Å². The minimum Gasteiger partial charge on any atom is -0.493 e. The second-order valence-corrected chi connectivity index (χ2v) is 5.90. The Morgan fingerprint density at radius 2 is 1.84 bits per heavy atom. The highest BCUT2D eigenvalue weighted by Crippen LogP contribution is 2.22. The lowest BCUT2D eigenvalue weighted by atomic mass is 10.2. The van der Waals surface area contributed by atoms with E-state index in [4.69, 9.17) is 15.0 Å². The van der Waals surface area contributed by atoms with Gasteiger partial charge in [0.15, 0.2) is 0 Å². The fourth-order valence-electron chi connectivity index (χ4n) is 1.72. The molecule has 0 aliphatic rings. The minimum atomic E-state index is -4.25. The number of hydrogen-bond donors (Lipinski definition) is 2. The third kappa shape index (κ3) is 5.94. The molecule has 3 N–H and O–H groups in total. The van der Waals surface area contributed by atoms with Crippen LogP contribution in [-0.2, 0) is 10.1 Å². The van der Waals surface area contributed by atoms with E-state index in [0.29, 0.717) is 12.4 Å². The summed E-state index contributed by atoms with van der Waals surface area (Å²) in [5.41, 5.74) is 5.82. The highest BCUT2D eigenvalue weighted by molar-refractivity contribution is 7.85. The third-order valence-corrected chi connectivity index (χ3v) is 3.55. The molecule has 108 valence electrons. The molecule has 0 aliphatic carbocycles. The zero-order valence-electron chi connectivity index (χ0n) is 11.1. The van der Waals surface area contributed by atoms with Crippen molar-refractivity contribution in [1.82, 2.24) is 0 Å². The first-order chi connectivity index (χ1) is 8.93. The van der Waals surface area contributed by atoms with Gasteiger partial charge in [-0.3, -0.25) is 4.55 Å². The molecule has 0 saturated carbocycles. The molecule has 19 heavy (non-hydrogen) atoms. The van der Waals surface area contributed by atoms with E-state index in [0.717, 1.165) is 12.8 Å². The van der Waals surface area contributed by atoms with Crippen molar-refractivity contribution in [2.75, 3.05) is 12.3 Å². The molecule has 0 unspecified atom stereocenters. The summed E-state index contributed by atoms with van der Waals surface area (Å²) in [6, 6.07) is 4.02. The van der Waals surface area contributed by atoms with Gasteiger partial charge in [-0.05, 0) is 12.5 Å². The lowest BCUT2D eigenvalue weighted by Gasteiger charge is -2.08. The van der Waals surface area contributed by atoms with Crippen molar-refractivity contribution in [1.29, 1.82) is 0 Å². The molecule has 0 fully saturated rings. The predicted molar refractivity (Wildman–Crippen MR) is 74.9 cm³/mol.